The van der Waals surface area contributed by atoms with E-state index in [-0.39, 0.29) is 35.4 Å². The Labute approximate surface area is 111 Å². The van der Waals surface area contributed by atoms with Crippen LogP contribution >= 0.6 is 0 Å². The van der Waals surface area contributed by atoms with Crippen molar-refractivity contribution in [1.29, 1.82) is 5.41 Å². The second-order valence-electron chi connectivity index (χ2n) is 2.50. The standard InChI is InChI=1S/C8H8N2O2.C2H5.ClH.Mn/c1-5(9)11-7-4-2-3-6-8(7)12-10-6;1-2;;/h2-4,9-10H,1H3;1H2,2H3;1H;/q;-1;;+2/p-1. The number of fused-ring (bicyclic) bond motifs is 1. The average molecular weight is 284 g/mol. The molecular formula is C10H13ClMnN2O2. The molecule has 0 fully saturated rings. The summed E-state index contributed by atoms with van der Waals surface area (Å²) in [6.07, 6.45) is 0. The van der Waals surface area contributed by atoms with Gasteiger partial charge in [0.25, 0.3) is 0 Å². The van der Waals surface area contributed by atoms with Crippen LogP contribution in [0.25, 0.3) is 11.1 Å². The van der Waals surface area contributed by atoms with Crippen molar-refractivity contribution >= 4 is 17.0 Å². The number of rotatable bonds is 1. The normalized spacial score (nSPS) is 8.19. The van der Waals surface area contributed by atoms with Crippen molar-refractivity contribution in [2.75, 3.05) is 0 Å². The third-order valence-electron chi connectivity index (χ3n) is 1.51. The molecular weight excluding hydrogens is 271 g/mol. The number of aromatic nitrogens is 1. The number of ether oxygens (including phenoxy) is 1. The summed E-state index contributed by atoms with van der Waals surface area (Å²) < 4.78 is 10.0. The number of nitrogens with one attached hydrogen (secondary N) is 2. The number of benzene rings is 1. The minimum absolute atomic E-state index is 0. The zero-order valence-electron chi connectivity index (χ0n) is 9.01. The summed E-state index contributed by atoms with van der Waals surface area (Å²) in [6, 6.07) is 5.48. The maximum Gasteiger partial charge on any atom is 2.00 e. The van der Waals surface area contributed by atoms with Gasteiger partial charge in [0, 0.05) is 6.92 Å². The molecule has 0 spiro atoms. The molecule has 0 bridgehead atoms. The summed E-state index contributed by atoms with van der Waals surface area (Å²) in [7, 11) is 0. The molecule has 0 atom stereocenters. The van der Waals surface area contributed by atoms with Crippen molar-refractivity contribution in [2.24, 2.45) is 0 Å². The van der Waals surface area contributed by atoms with E-state index in [9.17, 15) is 0 Å². The quantitative estimate of drug-likeness (QED) is 0.334. The van der Waals surface area contributed by atoms with Crippen molar-refractivity contribution in [2.45, 2.75) is 13.8 Å². The molecule has 0 saturated carbocycles. The number of hydrogen-bond acceptors (Lipinski definition) is 3. The Bertz CT molecular complexity index is 425. The van der Waals surface area contributed by atoms with Crippen LogP contribution in [0.3, 0.4) is 0 Å². The molecule has 0 aliphatic heterocycles. The molecule has 0 aliphatic rings. The molecule has 16 heavy (non-hydrogen) atoms. The smallest absolute Gasteiger partial charge is 1.00 e. The van der Waals surface area contributed by atoms with E-state index in [4.69, 9.17) is 14.7 Å². The van der Waals surface area contributed by atoms with Crippen molar-refractivity contribution in [3.8, 4) is 5.75 Å². The first-order valence-corrected chi connectivity index (χ1v) is 4.27. The van der Waals surface area contributed by atoms with Crippen LogP contribution in [-0.4, -0.2) is 11.1 Å². The van der Waals surface area contributed by atoms with Crippen LogP contribution < -0.4 is 17.1 Å². The van der Waals surface area contributed by atoms with Crippen LogP contribution in [0.5, 0.6) is 5.75 Å². The Kier molecular flexibility index (Phi) is 9.05. The van der Waals surface area contributed by atoms with Gasteiger partial charge < -0.3 is 28.6 Å². The number of para-hydroxylation sites is 1. The summed E-state index contributed by atoms with van der Waals surface area (Å²) in [6.45, 7) is 6.57. The molecule has 89 valence electrons. The third-order valence-corrected chi connectivity index (χ3v) is 1.51. The van der Waals surface area contributed by atoms with Gasteiger partial charge >= 0.3 is 17.1 Å². The van der Waals surface area contributed by atoms with Crippen LogP contribution in [0.4, 0.5) is 0 Å². The molecule has 6 heteroatoms. The van der Waals surface area contributed by atoms with Gasteiger partial charge in [-0.2, -0.15) is 6.92 Å². The molecule has 2 N–H and O–H groups in total. The minimum atomic E-state index is 0. The van der Waals surface area contributed by atoms with E-state index in [1.165, 1.54) is 0 Å². The number of halogens is 1. The minimum Gasteiger partial charge on any atom is -1.00 e. The summed E-state index contributed by atoms with van der Waals surface area (Å²) in [5.41, 5.74) is 1.57. The van der Waals surface area contributed by atoms with E-state index in [2.05, 4.69) is 12.1 Å². The average Bonchev–Trinajstić information content (AvgIpc) is 2.11. The first kappa shape index (κ1) is 17.5. The molecule has 1 aromatic heterocycles. The number of hydrogen-bond donors (Lipinski definition) is 2. The molecule has 1 radical (unpaired) electrons. The summed E-state index contributed by atoms with van der Waals surface area (Å²) in [5, 5.41) is 9.78. The Morgan fingerprint density at radius 2 is 2.06 bits per heavy atom. The predicted molar refractivity (Wildman–Crippen MR) is 55.6 cm³/mol. The van der Waals surface area contributed by atoms with Gasteiger partial charge in [0.2, 0.25) is 5.58 Å². The summed E-state index contributed by atoms with van der Waals surface area (Å²) in [5.74, 6) is 0.734. The van der Waals surface area contributed by atoms with E-state index >= 15 is 0 Å². The van der Waals surface area contributed by atoms with E-state index in [1.54, 1.807) is 19.9 Å². The molecule has 0 unspecified atom stereocenters. The van der Waals surface area contributed by atoms with Gasteiger partial charge in [-0.3, -0.25) is 5.41 Å². The first-order valence-electron chi connectivity index (χ1n) is 4.27. The molecule has 2 rings (SSSR count). The summed E-state index contributed by atoms with van der Waals surface area (Å²) >= 11 is 0. The van der Waals surface area contributed by atoms with Crippen molar-refractivity contribution < 1.29 is 38.7 Å². The fraction of sp³-hybridized carbons (Fsp3) is 0.200. The van der Waals surface area contributed by atoms with Gasteiger partial charge in [0.05, 0.1) is 0 Å². The van der Waals surface area contributed by atoms with Gasteiger partial charge in [0.15, 0.2) is 11.6 Å². The second kappa shape index (κ2) is 8.27. The Balaban J connectivity index is 0. The van der Waals surface area contributed by atoms with Gasteiger partial charge in [-0.1, -0.05) is 6.07 Å². The number of H-pyrrole nitrogens is 1. The third kappa shape index (κ3) is 3.93. The van der Waals surface area contributed by atoms with Crippen LogP contribution in [0.2, 0.25) is 0 Å². The Morgan fingerprint density at radius 1 is 1.44 bits per heavy atom. The van der Waals surface area contributed by atoms with E-state index < -0.39 is 0 Å². The monoisotopic (exact) mass is 283 g/mol. The van der Waals surface area contributed by atoms with Crippen molar-refractivity contribution in [1.82, 2.24) is 5.16 Å². The topological polar surface area (TPSA) is 62.0 Å². The van der Waals surface area contributed by atoms with Crippen LogP contribution in [0.1, 0.15) is 13.8 Å². The molecule has 2 aromatic rings. The van der Waals surface area contributed by atoms with E-state index in [1.807, 2.05) is 12.1 Å². The fourth-order valence-corrected chi connectivity index (χ4v) is 1.01. The molecule has 0 saturated heterocycles. The zero-order chi connectivity index (χ0) is 10.6. The largest absolute Gasteiger partial charge is 2.00 e. The molecule has 4 nitrogen and oxygen atoms in total. The van der Waals surface area contributed by atoms with Gasteiger partial charge in [-0.15, -0.1) is 0 Å². The van der Waals surface area contributed by atoms with E-state index in [0.29, 0.717) is 11.3 Å². The molecule has 1 aromatic carbocycles. The Hall–Kier alpha value is -0.901. The second-order valence-corrected chi connectivity index (χ2v) is 2.50. The summed E-state index contributed by atoms with van der Waals surface area (Å²) in [4.78, 5) is 0. The number of aromatic amines is 1. The first-order chi connectivity index (χ1) is 6.77. The SMILES string of the molecule is CC(=N)Oc1cccc2[nH]oc12.[CH2-]C.[Cl-].[Mn+2]. The predicted octanol–water partition coefficient (Wildman–Crippen LogP) is -0.0212. The van der Waals surface area contributed by atoms with Gasteiger partial charge in [-0.05, 0) is 12.1 Å². The van der Waals surface area contributed by atoms with Crippen molar-refractivity contribution in [3.05, 3.63) is 25.1 Å². The Morgan fingerprint density at radius 3 is 2.50 bits per heavy atom. The van der Waals surface area contributed by atoms with Crippen LogP contribution in [0, 0.1) is 12.3 Å². The molecule has 0 aliphatic carbocycles. The molecule has 0 amide bonds. The van der Waals surface area contributed by atoms with Gasteiger partial charge in [-0.25, -0.2) is 5.16 Å². The van der Waals surface area contributed by atoms with Crippen LogP contribution in [0.15, 0.2) is 22.7 Å². The molecule has 1 heterocycles. The van der Waals surface area contributed by atoms with E-state index in [0.717, 1.165) is 5.52 Å². The maximum absolute atomic E-state index is 7.12. The zero-order valence-corrected chi connectivity index (χ0v) is 10.9. The van der Waals surface area contributed by atoms with Gasteiger partial charge in [0.1, 0.15) is 5.52 Å². The van der Waals surface area contributed by atoms with Crippen molar-refractivity contribution in [3.63, 3.8) is 0 Å². The fourth-order valence-electron chi connectivity index (χ4n) is 1.01. The van der Waals surface area contributed by atoms with Crippen LogP contribution in [-0.2, 0) is 17.1 Å². The maximum atomic E-state index is 7.12.